The summed E-state index contributed by atoms with van der Waals surface area (Å²) >= 11 is 0. The van der Waals surface area contributed by atoms with Gasteiger partial charge in [-0.2, -0.15) is 5.26 Å². The number of benzene rings is 1. The molecular weight excluding hydrogens is 316 g/mol. The van der Waals surface area contributed by atoms with E-state index in [0.29, 0.717) is 30.1 Å². The normalized spacial score (nSPS) is 15.0. The van der Waals surface area contributed by atoms with Gasteiger partial charge in [-0.15, -0.1) is 0 Å². The lowest BCUT2D eigenvalue weighted by molar-refractivity contribution is 0.0628. The van der Waals surface area contributed by atoms with E-state index in [1.807, 2.05) is 47.0 Å². The summed E-state index contributed by atoms with van der Waals surface area (Å²) in [6, 6.07) is 11.4. The maximum atomic E-state index is 12.6. The van der Waals surface area contributed by atoms with Gasteiger partial charge in [-0.3, -0.25) is 9.69 Å². The molecule has 1 amide bonds. The molecule has 0 spiro atoms. The average molecular weight is 338 g/mol. The van der Waals surface area contributed by atoms with Crippen LogP contribution >= 0.6 is 0 Å². The number of aromatic nitrogens is 1. The number of piperazine rings is 1. The van der Waals surface area contributed by atoms with Crippen molar-refractivity contribution in [2.45, 2.75) is 6.54 Å². The van der Waals surface area contributed by atoms with Crippen molar-refractivity contribution in [3.05, 3.63) is 53.3 Å². The predicted molar refractivity (Wildman–Crippen MR) is 94.3 cm³/mol. The lowest BCUT2D eigenvalue weighted by atomic mass is 10.1. The van der Waals surface area contributed by atoms with Crippen LogP contribution in [0.3, 0.4) is 0 Å². The molecule has 0 bridgehead atoms. The summed E-state index contributed by atoms with van der Waals surface area (Å²) in [7, 11) is 3.48. The zero-order chi connectivity index (χ0) is 17.8. The lowest BCUT2D eigenvalue weighted by Crippen LogP contribution is -2.48. The van der Waals surface area contributed by atoms with Gasteiger partial charge in [0, 0.05) is 51.5 Å². The summed E-state index contributed by atoms with van der Waals surface area (Å²) in [5, 5.41) is 9.04. The van der Waals surface area contributed by atoms with E-state index >= 15 is 0 Å². The zero-order valence-corrected chi connectivity index (χ0v) is 14.6. The Hall–Kier alpha value is -2.78. The number of carbonyl (C=O) groups is 1. The van der Waals surface area contributed by atoms with E-state index in [0.717, 1.165) is 25.2 Å². The summed E-state index contributed by atoms with van der Waals surface area (Å²) in [4.78, 5) is 16.8. The molecular formula is C19H22N4O2. The molecule has 1 aliphatic rings. The van der Waals surface area contributed by atoms with Gasteiger partial charge >= 0.3 is 0 Å². The largest absolute Gasteiger partial charge is 0.497 e. The van der Waals surface area contributed by atoms with Crippen molar-refractivity contribution in [1.82, 2.24) is 14.4 Å². The van der Waals surface area contributed by atoms with Crippen LogP contribution in [0.1, 0.15) is 21.6 Å². The maximum Gasteiger partial charge on any atom is 0.254 e. The number of methoxy groups -OCH3 is 1. The fourth-order valence-electron chi connectivity index (χ4n) is 3.14. The molecule has 0 saturated carbocycles. The molecule has 1 aromatic carbocycles. The molecule has 3 rings (SSSR count). The molecule has 6 heteroatoms. The number of carbonyl (C=O) groups excluding carboxylic acids is 1. The van der Waals surface area contributed by atoms with E-state index in [1.165, 1.54) is 0 Å². The number of ether oxygens (including phenoxy) is 1. The smallest absolute Gasteiger partial charge is 0.254 e. The highest BCUT2D eigenvalue weighted by Crippen LogP contribution is 2.16. The third-order valence-corrected chi connectivity index (χ3v) is 4.56. The SMILES string of the molecule is COc1cccc(C(=O)N2CCN(Cc3cc(C#N)n(C)c3)CC2)c1. The van der Waals surface area contributed by atoms with Gasteiger partial charge in [-0.05, 0) is 29.8 Å². The second kappa shape index (κ2) is 7.41. The van der Waals surface area contributed by atoms with Crippen molar-refractivity contribution in [2.75, 3.05) is 33.3 Å². The van der Waals surface area contributed by atoms with E-state index in [2.05, 4.69) is 11.0 Å². The van der Waals surface area contributed by atoms with Gasteiger partial charge in [-0.1, -0.05) is 6.07 Å². The Kier molecular flexibility index (Phi) is 5.05. The minimum absolute atomic E-state index is 0.0463. The Balaban J connectivity index is 1.57. The number of amides is 1. The second-order valence-electron chi connectivity index (χ2n) is 6.26. The Bertz CT molecular complexity index is 798. The highest BCUT2D eigenvalue weighted by molar-refractivity contribution is 5.94. The van der Waals surface area contributed by atoms with Crippen LogP contribution in [0.4, 0.5) is 0 Å². The molecule has 0 radical (unpaired) electrons. The Labute approximate surface area is 147 Å². The third-order valence-electron chi connectivity index (χ3n) is 4.56. The first-order valence-corrected chi connectivity index (χ1v) is 8.31. The summed E-state index contributed by atoms with van der Waals surface area (Å²) in [5.41, 5.74) is 2.46. The molecule has 25 heavy (non-hydrogen) atoms. The first-order chi connectivity index (χ1) is 12.1. The van der Waals surface area contributed by atoms with Crippen LogP contribution in [0, 0.1) is 11.3 Å². The van der Waals surface area contributed by atoms with Crippen molar-refractivity contribution in [3.8, 4) is 11.8 Å². The van der Waals surface area contributed by atoms with Gasteiger partial charge in [0.25, 0.3) is 5.91 Å². The number of rotatable bonds is 4. The maximum absolute atomic E-state index is 12.6. The highest BCUT2D eigenvalue weighted by Gasteiger charge is 2.22. The third kappa shape index (κ3) is 3.83. The van der Waals surface area contributed by atoms with Crippen molar-refractivity contribution >= 4 is 5.91 Å². The second-order valence-corrected chi connectivity index (χ2v) is 6.26. The molecule has 2 heterocycles. The van der Waals surface area contributed by atoms with Crippen LogP contribution in [0.2, 0.25) is 0 Å². The molecule has 6 nitrogen and oxygen atoms in total. The standard InChI is InChI=1S/C19H22N4O2/c1-21-13-15(10-17(21)12-20)14-22-6-8-23(9-7-22)19(24)16-4-3-5-18(11-16)25-2/h3-5,10-11,13H,6-9,14H2,1-2H3. The first kappa shape index (κ1) is 17.1. The van der Waals surface area contributed by atoms with Crippen LogP contribution in [0.25, 0.3) is 0 Å². The number of aryl methyl sites for hydroxylation is 1. The highest BCUT2D eigenvalue weighted by atomic mass is 16.5. The molecule has 130 valence electrons. The van der Waals surface area contributed by atoms with Crippen molar-refractivity contribution in [3.63, 3.8) is 0 Å². The number of hydrogen-bond acceptors (Lipinski definition) is 4. The van der Waals surface area contributed by atoms with Crippen LogP contribution < -0.4 is 4.74 Å². The molecule has 1 fully saturated rings. The molecule has 0 atom stereocenters. The van der Waals surface area contributed by atoms with Gasteiger partial charge in [0.1, 0.15) is 17.5 Å². The van der Waals surface area contributed by atoms with E-state index in [-0.39, 0.29) is 5.91 Å². The molecule has 1 aliphatic heterocycles. The fraction of sp³-hybridized carbons (Fsp3) is 0.368. The minimum Gasteiger partial charge on any atom is -0.497 e. The van der Waals surface area contributed by atoms with Crippen molar-refractivity contribution in [2.24, 2.45) is 7.05 Å². The minimum atomic E-state index is 0.0463. The quantitative estimate of drug-likeness (QED) is 0.854. The zero-order valence-electron chi connectivity index (χ0n) is 14.6. The molecule has 1 saturated heterocycles. The fourth-order valence-corrected chi connectivity index (χ4v) is 3.14. The molecule has 1 aromatic heterocycles. The molecule has 0 N–H and O–H groups in total. The summed E-state index contributed by atoms with van der Waals surface area (Å²) in [6.07, 6.45) is 1.99. The predicted octanol–water partition coefficient (Wildman–Crippen LogP) is 1.86. The van der Waals surface area contributed by atoms with Crippen LogP contribution in [-0.2, 0) is 13.6 Å². The number of hydrogen-bond donors (Lipinski definition) is 0. The van der Waals surface area contributed by atoms with Gasteiger partial charge < -0.3 is 14.2 Å². The Morgan fingerprint density at radius 2 is 2.00 bits per heavy atom. The summed E-state index contributed by atoms with van der Waals surface area (Å²) in [5.74, 6) is 0.742. The average Bonchev–Trinajstić information content (AvgIpc) is 3.01. The van der Waals surface area contributed by atoms with Gasteiger partial charge in [0.05, 0.1) is 7.11 Å². The van der Waals surface area contributed by atoms with E-state index < -0.39 is 0 Å². The Morgan fingerprint density at radius 1 is 1.24 bits per heavy atom. The molecule has 0 aliphatic carbocycles. The van der Waals surface area contributed by atoms with Crippen LogP contribution in [0.5, 0.6) is 5.75 Å². The van der Waals surface area contributed by atoms with Gasteiger partial charge in [0.15, 0.2) is 0 Å². The summed E-state index contributed by atoms with van der Waals surface area (Å²) in [6.45, 7) is 3.86. The topological polar surface area (TPSA) is 61.5 Å². The van der Waals surface area contributed by atoms with E-state index in [9.17, 15) is 4.79 Å². The first-order valence-electron chi connectivity index (χ1n) is 8.31. The number of nitrogens with zero attached hydrogens (tertiary/aromatic N) is 4. The van der Waals surface area contributed by atoms with Crippen molar-refractivity contribution < 1.29 is 9.53 Å². The van der Waals surface area contributed by atoms with Crippen molar-refractivity contribution in [1.29, 1.82) is 5.26 Å². The molecule has 0 unspecified atom stereocenters. The van der Waals surface area contributed by atoms with E-state index in [4.69, 9.17) is 10.00 Å². The Morgan fingerprint density at radius 3 is 2.64 bits per heavy atom. The molecule has 2 aromatic rings. The van der Waals surface area contributed by atoms with Gasteiger partial charge in [-0.25, -0.2) is 0 Å². The van der Waals surface area contributed by atoms with E-state index in [1.54, 1.807) is 13.2 Å². The lowest BCUT2D eigenvalue weighted by Gasteiger charge is -2.34. The monoisotopic (exact) mass is 338 g/mol. The number of nitriles is 1. The van der Waals surface area contributed by atoms with Crippen LogP contribution in [-0.4, -0.2) is 53.6 Å². The van der Waals surface area contributed by atoms with Crippen LogP contribution in [0.15, 0.2) is 36.5 Å². The summed E-state index contributed by atoms with van der Waals surface area (Å²) < 4.78 is 7.04. The van der Waals surface area contributed by atoms with Gasteiger partial charge in [0.2, 0.25) is 0 Å².